The Labute approximate surface area is 123 Å². The van der Waals surface area contributed by atoms with Crippen LogP contribution in [-0.2, 0) is 0 Å². The lowest BCUT2D eigenvalue weighted by Gasteiger charge is -2.02. The fourth-order valence-corrected chi connectivity index (χ4v) is 2.35. The molecule has 6 heteroatoms. The SMILES string of the molecule is O=C(c1ccc(Cl)c(F)c1)c1c[nH]c2nccc(Cl)c12. The van der Waals surface area contributed by atoms with Crippen molar-refractivity contribution in [2.24, 2.45) is 0 Å². The number of rotatable bonds is 2. The maximum Gasteiger partial charge on any atom is 0.195 e. The maximum absolute atomic E-state index is 13.4. The van der Waals surface area contributed by atoms with Gasteiger partial charge in [-0.05, 0) is 24.3 Å². The van der Waals surface area contributed by atoms with Crippen LogP contribution in [0.2, 0.25) is 10.0 Å². The molecule has 0 unspecified atom stereocenters. The molecule has 0 spiro atoms. The van der Waals surface area contributed by atoms with Crippen LogP contribution >= 0.6 is 23.2 Å². The van der Waals surface area contributed by atoms with Gasteiger partial charge in [0.1, 0.15) is 11.5 Å². The smallest absolute Gasteiger partial charge is 0.195 e. The molecule has 0 bridgehead atoms. The number of hydrogen-bond acceptors (Lipinski definition) is 2. The lowest BCUT2D eigenvalue weighted by atomic mass is 10.0. The van der Waals surface area contributed by atoms with Gasteiger partial charge in [-0.15, -0.1) is 0 Å². The third-order valence-electron chi connectivity index (χ3n) is 2.95. The van der Waals surface area contributed by atoms with Crippen LogP contribution in [0, 0.1) is 5.82 Å². The van der Waals surface area contributed by atoms with Crippen molar-refractivity contribution in [1.29, 1.82) is 0 Å². The van der Waals surface area contributed by atoms with Crippen molar-refractivity contribution in [3.63, 3.8) is 0 Å². The van der Waals surface area contributed by atoms with E-state index in [1.54, 1.807) is 6.07 Å². The Bertz CT molecular complexity index is 829. The van der Waals surface area contributed by atoms with E-state index in [2.05, 4.69) is 9.97 Å². The quantitative estimate of drug-likeness (QED) is 0.720. The summed E-state index contributed by atoms with van der Waals surface area (Å²) in [6.07, 6.45) is 3.05. The van der Waals surface area contributed by atoms with Crippen molar-refractivity contribution in [3.8, 4) is 0 Å². The van der Waals surface area contributed by atoms with E-state index in [0.29, 0.717) is 21.6 Å². The second-order valence-electron chi connectivity index (χ2n) is 4.18. The number of aromatic nitrogens is 2. The molecule has 0 aliphatic carbocycles. The summed E-state index contributed by atoms with van der Waals surface area (Å²) in [6, 6.07) is 5.51. The number of benzene rings is 1. The first-order chi connectivity index (χ1) is 9.58. The summed E-state index contributed by atoms with van der Waals surface area (Å²) >= 11 is 11.7. The summed E-state index contributed by atoms with van der Waals surface area (Å²) in [5.41, 5.74) is 1.06. The molecule has 20 heavy (non-hydrogen) atoms. The first kappa shape index (κ1) is 13.1. The molecule has 100 valence electrons. The van der Waals surface area contributed by atoms with E-state index in [1.165, 1.54) is 24.5 Å². The number of nitrogens with one attached hydrogen (secondary N) is 1. The Hall–Kier alpha value is -1.91. The topological polar surface area (TPSA) is 45.8 Å². The molecule has 0 fully saturated rings. The van der Waals surface area contributed by atoms with Gasteiger partial charge in [0.25, 0.3) is 0 Å². The number of carbonyl (C=O) groups excluding carboxylic acids is 1. The monoisotopic (exact) mass is 308 g/mol. The van der Waals surface area contributed by atoms with E-state index in [1.807, 2.05) is 0 Å². The van der Waals surface area contributed by atoms with Crippen molar-refractivity contribution in [2.45, 2.75) is 0 Å². The van der Waals surface area contributed by atoms with Gasteiger partial charge in [-0.2, -0.15) is 0 Å². The van der Waals surface area contributed by atoms with Crippen LogP contribution in [0.15, 0.2) is 36.7 Å². The average molecular weight is 309 g/mol. The summed E-state index contributed by atoms with van der Waals surface area (Å²) < 4.78 is 13.4. The van der Waals surface area contributed by atoms with Gasteiger partial charge in [-0.3, -0.25) is 4.79 Å². The van der Waals surface area contributed by atoms with E-state index in [0.717, 1.165) is 6.07 Å². The number of hydrogen-bond donors (Lipinski definition) is 1. The van der Waals surface area contributed by atoms with Gasteiger partial charge < -0.3 is 4.98 Å². The summed E-state index contributed by atoms with van der Waals surface area (Å²) in [7, 11) is 0. The van der Waals surface area contributed by atoms with E-state index in [9.17, 15) is 9.18 Å². The summed E-state index contributed by atoms with van der Waals surface area (Å²) in [4.78, 5) is 19.4. The van der Waals surface area contributed by atoms with E-state index in [4.69, 9.17) is 23.2 Å². The molecular weight excluding hydrogens is 302 g/mol. The first-order valence-electron chi connectivity index (χ1n) is 5.69. The number of H-pyrrole nitrogens is 1. The largest absolute Gasteiger partial charge is 0.345 e. The molecule has 2 heterocycles. The summed E-state index contributed by atoms with van der Waals surface area (Å²) in [5.74, 6) is -0.983. The zero-order chi connectivity index (χ0) is 14.3. The third-order valence-corrected chi connectivity index (χ3v) is 3.57. The second-order valence-corrected chi connectivity index (χ2v) is 4.99. The van der Waals surface area contributed by atoms with Crippen LogP contribution in [0.4, 0.5) is 4.39 Å². The number of nitrogens with zero attached hydrogens (tertiary/aromatic N) is 1. The molecular formula is C14H7Cl2FN2O. The molecule has 1 N–H and O–H groups in total. The molecule has 0 saturated carbocycles. The zero-order valence-corrected chi connectivity index (χ0v) is 11.5. The Balaban J connectivity index is 2.15. The lowest BCUT2D eigenvalue weighted by molar-refractivity contribution is 0.104. The molecule has 0 amide bonds. The normalized spacial score (nSPS) is 10.9. The number of ketones is 1. The van der Waals surface area contributed by atoms with Crippen molar-refractivity contribution >= 4 is 40.0 Å². The van der Waals surface area contributed by atoms with Crippen LogP contribution in [0.5, 0.6) is 0 Å². The molecule has 2 aromatic heterocycles. The highest BCUT2D eigenvalue weighted by Gasteiger charge is 2.17. The molecule has 3 rings (SSSR count). The minimum absolute atomic E-state index is 0.0276. The zero-order valence-electron chi connectivity index (χ0n) is 9.95. The Morgan fingerprint density at radius 2 is 2.00 bits per heavy atom. The molecule has 0 saturated heterocycles. The van der Waals surface area contributed by atoms with Crippen molar-refractivity contribution < 1.29 is 9.18 Å². The highest BCUT2D eigenvalue weighted by Crippen LogP contribution is 2.27. The van der Waals surface area contributed by atoms with Gasteiger partial charge >= 0.3 is 0 Å². The van der Waals surface area contributed by atoms with Gasteiger partial charge in [-0.25, -0.2) is 9.37 Å². The lowest BCUT2D eigenvalue weighted by Crippen LogP contribution is -2.01. The molecule has 0 atom stereocenters. The van der Waals surface area contributed by atoms with Gasteiger partial charge in [0, 0.05) is 23.3 Å². The Morgan fingerprint density at radius 1 is 1.20 bits per heavy atom. The van der Waals surface area contributed by atoms with Gasteiger partial charge in [0.05, 0.1) is 15.6 Å². The fourth-order valence-electron chi connectivity index (χ4n) is 1.99. The van der Waals surface area contributed by atoms with Crippen LogP contribution in [0.25, 0.3) is 11.0 Å². The summed E-state index contributed by atoms with van der Waals surface area (Å²) in [5, 5.41) is 0.906. The molecule has 0 radical (unpaired) electrons. The molecule has 1 aromatic carbocycles. The Morgan fingerprint density at radius 3 is 2.75 bits per heavy atom. The molecule has 3 aromatic rings. The van der Waals surface area contributed by atoms with Crippen LogP contribution < -0.4 is 0 Å². The van der Waals surface area contributed by atoms with Crippen LogP contribution in [0.3, 0.4) is 0 Å². The van der Waals surface area contributed by atoms with E-state index >= 15 is 0 Å². The second kappa shape index (κ2) is 4.89. The van der Waals surface area contributed by atoms with Crippen molar-refractivity contribution in [2.75, 3.05) is 0 Å². The van der Waals surface area contributed by atoms with E-state index < -0.39 is 5.82 Å². The van der Waals surface area contributed by atoms with E-state index in [-0.39, 0.29) is 16.4 Å². The van der Waals surface area contributed by atoms with Crippen molar-refractivity contribution in [3.05, 3.63) is 63.6 Å². The average Bonchev–Trinajstić information content (AvgIpc) is 2.86. The fraction of sp³-hybridized carbons (Fsp3) is 0. The minimum Gasteiger partial charge on any atom is -0.345 e. The number of halogens is 3. The predicted molar refractivity (Wildman–Crippen MR) is 75.9 cm³/mol. The van der Waals surface area contributed by atoms with Gasteiger partial charge in [0.2, 0.25) is 0 Å². The highest BCUT2D eigenvalue weighted by atomic mass is 35.5. The number of pyridine rings is 1. The standard InChI is InChI=1S/C14H7Cl2FN2O/c15-9-2-1-7(5-11(9)17)13(20)8-6-19-14-12(8)10(16)3-4-18-14/h1-6H,(H,18,19). The maximum atomic E-state index is 13.4. The van der Waals surface area contributed by atoms with Crippen LogP contribution in [0.1, 0.15) is 15.9 Å². The van der Waals surface area contributed by atoms with Crippen LogP contribution in [-0.4, -0.2) is 15.8 Å². The first-order valence-corrected chi connectivity index (χ1v) is 6.45. The highest BCUT2D eigenvalue weighted by molar-refractivity contribution is 6.37. The molecule has 3 nitrogen and oxygen atoms in total. The number of fused-ring (bicyclic) bond motifs is 1. The minimum atomic E-state index is -0.637. The van der Waals surface area contributed by atoms with Crippen molar-refractivity contribution in [1.82, 2.24) is 9.97 Å². The number of aromatic amines is 1. The predicted octanol–water partition coefficient (Wildman–Crippen LogP) is 4.24. The molecule has 0 aliphatic rings. The van der Waals surface area contributed by atoms with Gasteiger partial charge in [-0.1, -0.05) is 23.2 Å². The molecule has 0 aliphatic heterocycles. The Kier molecular flexibility index (Phi) is 3.20. The third kappa shape index (κ3) is 2.07. The summed E-state index contributed by atoms with van der Waals surface area (Å²) in [6.45, 7) is 0. The van der Waals surface area contributed by atoms with Gasteiger partial charge in [0.15, 0.2) is 5.78 Å². The number of carbonyl (C=O) groups is 1.